The van der Waals surface area contributed by atoms with Crippen LogP contribution in [-0.2, 0) is 25.9 Å². The average molecular weight is 513 g/mol. The molecule has 0 spiro atoms. The summed E-state index contributed by atoms with van der Waals surface area (Å²) in [6, 6.07) is 18.1. The van der Waals surface area contributed by atoms with Crippen molar-refractivity contribution in [3.05, 3.63) is 89.4 Å². The van der Waals surface area contributed by atoms with Crippen LogP contribution >= 0.6 is 8.03 Å². The number of hydrogen-bond acceptors (Lipinski definition) is 5. The lowest BCUT2D eigenvalue weighted by Gasteiger charge is -2.36. The molecule has 3 unspecified atom stereocenters. The van der Waals surface area contributed by atoms with Crippen LogP contribution in [0.25, 0.3) is 11.3 Å². The van der Waals surface area contributed by atoms with E-state index in [2.05, 4.69) is 0 Å². The van der Waals surface area contributed by atoms with Gasteiger partial charge in [0.05, 0.1) is 18.5 Å². The Morgan fingerprint density at radius 3 is 2.28 bits per heavy atom. The summed E-state index contributed by atoms with van der Waals surface area (Å²) in [6.45, 7) is 5.71. The first-order valence-electron chi connectivity index (χ1n) is 11.8. The molecular weight excluding hydrogens is 480 g/mol. The van der Waals surface area contributed by atoms with E-state index in [0.717, 1.165) is 11.1 Å². The Morgan fingerprint density at radius 2 is 1.72 bits per heavy atom. The molecular formula is C28H32FNO5P+. The zero-order valence-corrected chi connectivity index (χ0v) is 21.8. The molecule has 0 saturated carbocycles. The van der Waals surface area contributed by atoms with Gasteiger partial charge in [-0.05, 0) is 53.2 Å². The SMILES string of the molecule is CO[P+](=O)C(CCC(C)C)(C(=O)O)C(O)(Cc1ccc(F)cc1)c1ccc(C)c(-c2ccccc2)n1. The molecule has 3 atom stereocenters. The molecule has 0 aliphatic heterocycles. The molecule has 8 heteroatoms. The van der Waals surface area contributed by atoms with Gasteiger partial charge in [0.15, 0.2) is 5.60 Å². The van der Waals surface area contributed by atoms with E-state index >= 15 is 0 Å². The number of rotatable bonds is 11. The van der Waals surface area contributed by atoms with Crippen molar-refractivity contribution in [1.29, 1.82) is 0 Å². The Morgan fingerprint density at radius 1 is 1.08 bits per heavy atom. The van der Waals surface area contributed by atoms with Crippen LogP contribution in [-0.4, -0.2) is 33.4 Å². The molecule has 36 heavy (non-hydrogen) atoms. The fourth-order valence-electron chi connectivity index (χ4n) is 4.46. The molecule has 3 aromatic rings. The van der Waals surface area contributed by atoms with Crippen LogP contribution in [0, 0.1) is 18.7 Å². The number of carboxylic acids is 1. The van der Waals surface area contributed by atoms with E-state index in [0.29, 0.717) is 17.7 Å². The van der Waals surface area contributed by atoms with Gasteiger partial charge in [-0.1, -0.05) is 62.4 Å². The van der Waals surface area contributed by atoms with Gasteiger partial charge in [0, 0.05) is 18.4 Å². The van der Waals surface area contributed by atoms with Gasteiger partial charge < -0.3 is 10.2 Å². The fourth-order valence-corrected chi connectivity index (χ4v) is 5.73. The van der Waals surface area contributed by atoms with Crippen molar-refractivity contribution in [3.63, 3.8) is 0 Å². The molecule has 2 aromatic carbocycles. The lowest BCUT2D eigenvalue weighted by atomic mass is 9.75. The van der Waals surface area contributed by atoms with Crippen LogP contribution in [0.1, 0.15) is 43.5 Å². The fraction of sp³-hybridized carbons (Fsp3) is 0.357. The maximum Gasteiger partial charge on any atom is 0.529 e. The predicted molar refractivity (Wildman–Crippen MR) is 137 cm³/mol. The van der Waals surface area contributed by atoms with Gasteiger partial charge in [0.1, 0.15) is 5.82 Å². The van der Waals surface area contributed by atoms with Crippen molar-refractivity contribution in [3.8, 4) is 11.3 Å². The third-order valence-electron chi connectivity index (χ3n) is 6.54. The smallest absolute Gasteiger partial charge is 0.477 e. The van der Waals surface area contributed by atoms with Gasteiger partial charge in [-0.3, -0.25) is 0 Å². The quantitative estimate of drug-likeness (QED) is 0.294. The van der Waals surface area contributed by atoms with Crippen molar-refractivity contribution >= 4 is 14.0 Å². The van der Waals surface area contributed by atoms with E-state index in [9.17, 15) is 24.0 Å². The minimum Gasteiger partial charge on any atom is -0.477 e. The van der Waals surface area contributed by atoms with Crippen molar-refractivity contribution < 1.29 is 28.5 Å². The highest BCUT2D eigenvalue weighted by atomic mass is 31.1. The summed E-state index contributed by atoms with van der Waals surface area (Å²) in [7, 11) is -1.73. The Bertz CT molecular complexity index is 1220. The molecule has 0 saturated heterocycles. The molecule has 0 bridgehead atoms. The molecule has 6 nitrogen and oxygen atoms in total. The second-order valence-electron chi connectivity index (χ2n) is 9.43. The van der Waals surface area contributed by atoms with Crippen molar-refractivity contribution in [2.45, 2.75) is 50.8 Å². The average Bonchev–Trinajstić information content (AvgIpc) is 2.86. The summed E-state index contributed by atoms with van der Waals surface area (Å²) in [4.78, 5) is 17.8. The summed E-state index contributed by atoms with van der Waals surface area (Å²) >= 11 is 0. The number of aromatic nitrogens is 1. The van der Waals surface area contributed by atoms with Crippen LogP contribution in [0.3, 0.4) is 0 Å². The summed E-state index contributed by atoms with van der Waals surface area (Å²) in [5, 5.41) is 20.8. The first-order chi connectivity index (χ1) is 17.0. The Labute approximate surface area is 212 Å². The van der Waals surface area contributed by atoms with Gasteiger partial charge in [0.25, 0.3) is 0 Å². The number of carbonyl (C=O) groups is 1. The summed E-state index contributed by atoms with van der Waals surface area (Å²) in [5.41, 5.74) is 0.474. The Kier molecular flexibility index (Phi) is 8.72. The van der Waals surface area contributed by atoms with Crippen LogP contribution in [0.15, 0.2) is 66.7 Å². The van der Waals surface area contributed by atoms with E-state index in [1.807, 2.05) is 51.1 Å². The third kappa shape index (κ3) is 5.39. The molecule has 1 heterocycles. The number of halogens is 1. The maximum atomic E-state index is 13.6. The third-order valence-corrected chi connectivity index (χ3v) is 8.28. The normalized spacial score (nSPS) is 15.2. The first-order valence-corrected chi connectivity index (χ1v) is 13.0. The monoisotopic (exact) mass is 512 g/mol. The molecule has 0 fully saturated rings. The van der Waals surface area contributed by atoms with Crippen molar-refractivity contribution in [1.82, 2.24) is 4.98 Å². The lowest BCUT2D eigenvalue weighted by Crippen LogP contribution is -2.57. The molecule has 3 rings (SSSR count). The van der Waals surface area contributed by atoms with E-state index in [1.165, 1.54) is 31.4 Å². The number of aliphatic carboxylic acids is 1. The van der Waals surface area contributed by atoms with Gasteiger partial charge in [-0.2, -0.15) is 0 Å². The number of aryl methyl sites for hydroxylation is 1. The minimum atomic E-state index is -2.90. The largest absolute Gasteiger partial charge is 0.529 e. The molecule has 0 aliphatic carbocycles. The summed E-state index contributed by atoms with van der Waals surface area (Å²) in [6.07, 6.45) is 0.00320. The second kappa shape index (κ2) is 11.4. The van der Waals surface area contributed by atoms with Crippen molar-refractivity contribution in [2.24, 2.45) is 5.92 Å². The van der Waals surface area contributed by atoms with Gasteiger partial charge in [-0.25, -0.2) is 14.2 Å². The predicted octanol–water partition coefficient (Wildman–Crippen LogP) is 6.27. The zero-order chi connectivity index (χ0) is 26.5. The highest BCUT2D eigenvalue weighted by Crippen LogP contribution is 2.56. The van der Waals surface area contributed by atoms with E-state index in [1.54, 1.807) is 12.1 Å². The zero-order valence-electron chi connectivity index (χ0n) is 20.9. The summed E-state index contributed by atoms with van der Waals surface area (Å²) in [5.74, 6) is -1.83. The van der Waals surface area contributed by atoms with Crippen LogP contribution in [0.4, 0.5) is 4.39 Å². The molecule has 0 aliphatic rings. The Balaban J connectivity index is 2.33. The number of pyridine rings is 1. The van der Waals surface area contributed by atoms with Crippen LogP contribution < -0.4 is 0 Å². The molecule has 0 amide bonds. The number of hydrogen-bond donors (Lipinski definition) is 2. The topological polar surface area (TPSA) is 96.7 Å². The summed E-state index contributed by atoms with van der Waals surface area (Å²) < 4.78 is 32.3. The number of nitrogens with zero attached hydrogens (tertiary/aromatic N) is 1. The lowest BCUT2D eigenvalue weighted by molar-refractivity contribution is -0.151. The van der Waals surface area contributed by atoms with Gasteiger partial charge in [-0.15, -0.1) is 4.52 Å². The van der Waals surface area contributed by atoms with E-state index in [4.69, 9.17) is 9.51 Å². The van der Waals surface area contributed by atoms with Gasteiger partial charge >= 0.3 is 19.2 Å². The van der Waals surface area contributed by atoms with Crippen molar-refractivity contribution in [2.75, 3.05) is 7.11 Å². The minimum absolute atomic E-state index is 0.0582. The van der Waals surface area contributed by atoms with Crippen LogP contribution in [0.5, 0.6) is 0 Å². The van der Waals surface area contributed by atoms with Crippen LogP contribution in [0.2, 0.25) is 0 Å². The highest BCUT2D eigenvalue weighted by Gasteiger charge is 2.72. The molecule has 2 N–H and O–H groups in total. The standard InChI is InChI=1S/C28H31FNO5P/c1-19(2)16-17-28(26(31)32,36(34)35-4)27(33,18-21-11-13-23(29)14-12-21)24-15-10-20(3)25(30-24)22-8-6-5-7-9-22/h5-15,19,33H,16-18H2,1-4H3/p+1. The number of aliphatic hydroxyl groups is 1. The second-order valence-corrected chi connectivity index (χ2v) is 11.1. The number of carboxylic acid groups (broad SMARTS) is 1. The molecule has 0 radical (unpaired) electrons. The number of benzene rings is 2. The first kappa shape index (κ1) is 27.6. The van der Waals surface area contributed by atoms with Gasteiger partial charge in [0.2, 0.25) is 0 Å². The molecule has 1 aromatic heterocycles. The van der Waals surface area contributed by atoms with E-state index in [-0.39, 0.29) is 24.5 Å². The Hall–Kier alpha value is -2.99. The maximum absolute atomic E-state index is 13.6. The highest BCUT2D eigenvalue weighted by molar-refractivity contribution is 7.42. The van der Waals surface area contributed by atoms with E-state index < -0.39 is 30.6 Å². The molecule has 190 valence electrons.